The van der Waals surface area contributed by atoms with Gasteiger partial charge in [-0.3, -0.25) is 24.6 Å². The Kier molecular flexibility index (Phi) is 4.16. The molecule has 2 saturated heterocycles. The van der Waals surface area contributed by atoms with Crippen LogP contribution in [0, 0.1) is 5.82 Å². The van der Waals surface area contributed by atoms with E-state index in [1.54, 1.807) is 17.4 Å². The van der Waals surface area contributed by atoms with Gasteiger partial charge in [-0.05, 0) is 30.1 Å². The standard InChI is InChI=1S/C25H27FN4O4/c26-20-12-16(14-29-8-10-34-11-9-29)4-5-17(20)13-27-21-3-1-2-18-19(21)15-30(25(18)33)22-6-7-23(31)28-24(22)32/h1-5,12,22,27H,6-11,13-15H2,(H,28,31,32)/i1D,2D,3D,6D2,7D2,22D. The van der Waals surface area contributed by atoms with E-state index in [4.69, 9.17) is 15.7 Å². The summed E-state index contributed by atoms with van der Waals surface area (Å²) in [6, 6.07) is -0.484. The minimum Gasteiger partial charge on any atom is -0.381 e. The van der Waals surface area contributed by atoms with Crippen molar-refractivity contribution in [3.8, 4) is 0 Å². The van der Waals surface area contributed by atoms with E-state index in [1.807, 2.05) is 0 Å². The molecule has 3 aliphatic rings. The summed E-state index contributed by atoms with van der Waals surface area (Å²) in [7, 11) is 0. The SMILES string of the molecule is [2H]c1c([2H])c(NCc2ccc(CN3CCOCC3)cc2F)c2c(c1[2H])C(=O)N(C1([2H])C(=O)NC(=O)C([2H])([2H])C1([2H])[2H])C2. The largest absolute Gasteiger partial charge is 0.381 e. The highest BCUT2D eigenvalue weighted by molar-refractivity contribution is 6.06. The second-order valence-electron chi connectivity index (χ2n) is 8.04. The van der Waals surface area contributed by atoms with Crippen LogP contribution in [0.5, 0.6) is 0 Å². The third kappa shape index (κ3) is 4.53. The van der Waals surface area contributed by atoms with Crippen LogP contribution in [0.25, 0.3) is 0 Å². The molecular formula is C25H27FN4O4. The van der Waals surface area contributed by atoms with Crippen molar-refractivity contribution in [2.24, 2.45) is 0 Å². The van der Waals surface area contributed by atoms with E-state index in [9.17, 15) is 14.4 Å². The first kappa shape index (κ1) is 14.9. The highest BCUT2D eigenvalue weighted by Crippen LogP contribution is 2.32. The zero-order valence-electron chi connectivity index (χ0n) is 26.1. The van der Waals surface area contributed by atoms with E-state index in [1.165, 1.54) is 6.07 Å². The van der Waals surface area contributed by atoms with Gasteiger partial charge < -0.3 is 15.0 Å². The molecule has 3 amide bonds. The minimum absolute atomic E-state index is 0.108. The maximum Gasteiger partial charge on any atom is 0.255 e. The summed E-state index contributed by atoms with van der Waals surface area (Å²) in [6.07, 6.45) is -6.90. The van der Waals surface area contributed by atoms with Crippen LogP contribution in [0.2, 0.25) is 0 Å². The van der Waals surface area contributed by atoms with Gasteiger partial charge in [0.05, 0.1) is 18.7 Å². The van der Waals surface area contributed by atoms with Gasteiger partial charge in [-0.25, -0.2) is 4.39 Å². The molecule has 3 aliphatic heterocycles. The maximum atomic E-state index is 15.0. The van der Waals surface area contributed by atoms with Gasteiger partial charge in [-0.1, -0.05) is 18.2 Å². The van der Waals surface area contributed by atoms with Gasteiger partial charge in [-0.15, -0.1) is 0 Å². The first-order valence-corrected chi connectivity index (χ1v) is 10.7. The van der Waals surface area contributed by atoms with Crippen molar-refractivity contribution in [1.82, 2.24) is 15.1 Å². The van der Waals surface area contributed by atoms with E-state index < -0.39 is 72.5 Å². The Morgan fingerprint density at radius 2 is 2.09 bits per heavy atom. The molecule has 2 aromatic carbocycles. The molecule has 3 heterocycles. The van der Waals surface area contributed by atoms with Crippen molar-refractivity contribution in [2.75, 3.05) is 31.6 Å². The second-order valence-corrected chi connectivity index (χ2v) is 8.04. The Bertz CT molecular complexity index is 1500. The zero-order chi connectivity index (χ0) is 30.8. The van der Waals surface area contributed by atoms with Gasteiger partial charge in [0.1, 0.15) is 11.8 Å². The molecule has 0 saturated carbocycles. The Balaban J connectivity index is 1.45. The van der Waals surface area contributed by atoms with Gasteiger partial charge >= 0.3 is 0 Å². The number of imide groups is 1. The minimum atomic E-state index is -3.52. The quantitative estimate of drug-likeness (QED) is 0.623. The number of hydrogen-bond donors (Lipinski definition) is 2. The monoisotopic (exact) mass is 474 g/mol. The predicted molar refractivity (Wildman–Crippen MR) is 122 cm³/mol. The lowest BCUT2D eigenvalue weighted by molar-refractivity contribution is -0.136. The van der Waals surface area contributed by atoms with Crippen molar-refractivity contribution in [1.29, 1.82) is 0 Å². The molecule has 34 heavy (non-hydrogen) atoms. The lowest BCUT2D eigenvalue weighted by Gasteiger charge is -2.29. The van der Waals surface area contributed by atoms with Crippen LogP contribution in [-0.4, -0.2) is 59.8 Å². The van der Waals surface area contributed by atoms with Crippen LogP contribution in [-0.2, 0) is 34.0 Å². The van der Waals surface area contributed by atoms with Crippen LogP contribution in [0.15, 0.2) is 36.3 Å². The number of amides is 3. The summed E-state index contributed by atoms with van der Waals surface area (Å²) in [5, 5.41) is 4.44. The van der Waals surface area contributed by atoms with Gasteiger partial charge in [0, 0.05) is 67.0 Å². The number of hydrogen-bond acceptors (Lipinski definition) is 6. The van der Waals surface area contributed by atoms with Gasteiger partial charge in [0.25, 0.3) is 5.91 Å². The van der Waals surface area contributed by atoms with Crippen molar-refractivity contribution in [3.63, 3.8) is 0 Å². The molecular weight excluding hydrogens is 439 g/mol. The van der Waals surface area contributed by atoms with Crippen LogP contribution in [0.1, 0.15) is 50.8 Å². The number of nitrogens with zero attached hydrogens (tertiary/aromatic N) is 2. The molecule has 0 spiro atoms. The molecule has 1 unspecified atom stereocenters. The van der Waals surface area contributed by atoms with E-state index >= 15 is 4.39 Å². The Morgan fingerprint density at radius 1 is 1.26 bits per heavy atom. The third-order valence-corrected chi connectivity index (χ3v) is 5.84. The lowest BCUT2D eigenvalue weighted by atomic mass is 10.0. The van der Waals surface area contributed by atoms with E-state index in [2.05, 4.69) is 10.2 Å². The fourth-order valence-corrected chi connectivity index (χ4v) is 4.06. The second kappa shape index (κ2) is 9.52. The number of benzene rings is 2. The Morgan fingerprint density at radius 3 is 2.88 bits per heavy atom. The van der Waals surface area contributed by atoms with Crippen LogP contribution in [0.4, 0.5) is 10.1 Å². The zero-order valence-corrected chi connectivity index (χ0v) is 18.1. The molecule has 0 bridgehead atoms. The van der Waals surface area contributed by atoms with E-state index in [-0.39, 0.29) is 23.4 Å². The van der Waals surface area contributed by atoms with Crippen LogP contribution < -0.4 is 10.6 Å². The molecule has 9 heteroatoms. The fourth-order valence-electron chi connectivity index (χ4n) is 4.06. The van der Waals surface area contributed by atoms with Gasteiger partial charge in [-0.2, -0.15) is 0 Å². The molecule has 0 aliphatic carbocycles. The Labute approximate surface area is 208 Å². The molecule has 0 aromatic heterocycles. The molecule has 5 rings (SSSR count). The number of ether oxygens (including phenoxy) is 1. The molecule has 2 aromatic rings. The van der Waals surface area contributed by atoms with E-state index in [0.29, 0.717) is 24.7 Å². The smallest absolute Gasteiger partial charge is 0.255 e. The highest BCUT2D eigenvalue weighted by atomic mass is 19.1. The van der Waals surface area contributed by atoms with Gasteiger partial charge in [0.15, 0.2) is 0 Å². The molecule has 0 radical (unpaired) electrons. The third-order valence-electron chi connectivity index (χ3n) is 5.84. The van der Waals surface area contributed by atoms with Crippen molar-refractivity contribution in [2.45, 2.75) is 38.4 Å². The van der Waals surface area contributed by atoms with Crippen molar-refractivity contribution >= 4 is 23.4 Å². The summed E-state index contributed by atoms with van der Waals surface area (Å²) < 4.78 is 86.3. The molecule has 2 fully saturated rings. The van der Waals surface area contributed by atoms with E-state index in [0.717, 1.165) is 18.7 Å². The number of fused-ring (bicyclic) bond motifs is 1. The lowest BCUT2D eigenvalue weighted by Crippen LogP contribution is -2.52. The maximum absolute atomic E-state index is 15.0. The number of carbonyl (C=O) groups excluding carboxylic acids is 3. The number of morpholine rings is 1. The topological polar surface area (TPSA) is 91.0 Å². The number of halogens is 1. The van der Waals surface area contributed by atoms with Crippen LogP contribution >= 0.6 is 0 Å². The van der Waals surface area contributed by atoms with Crippen LogP contribution in [0.3, 0.4) is 0 Å². The Hall–Kier alpha value is -3.30. The predicted octanol–water partition coefficient (Wildman–Crippen LogP) is 2.03. The summed E-state index contributed by atoms with van der Waals surface area (Å²) in [5.41, 5.74) is 0.199. The number of nitrogens with one attached hydrogen (secondary N) is 2. The summed E-state index contributed by atoms with van der Waals surface area (Å²) in [5.74, 6) is -4.94. The van der Waals surface area contributed by atoms with Gasteiger partial charge in [0.2, 0.25) is 11.8 Å². The normalized spacial score (nSPS) is 29.4. The van der Waals surface area contributed by atoms with Crippen molar-refractivity contribution in [3.05, 3.63) is 64.4 Å². The number of piperidine rings is 1. The first-order valence-electron chi connectivity index (χ1n) is 14.7. The summed E-state index contributed by atoms with van der Waals surface area (Å²) >= 11 is 0. The molecule has 2 N–H and O–H groups in total. The molecule has 178 valence electrons. The average molecular weight is 475 g/mol. The average Bonchev–Trinajstić information content (AvgIpc) is 3.29. The van der Waals surface area contributed by atoms with Crippen molar-refractivity contribution < 1.29 is 34.5 Å². The molecule has 1 atom stereocenters. The number of rotatable bonds is 6. The molecule has 8 nitrogen and oxygen atoms in total. The summed E-state index contributed by atoms with van der Waals surface area (Å²) in [4.78, 5) is 40.9. The number of anilines is 1. The number of carbonyl (C=O) groups is 3. The fraction of sp³-hybridized carbons (Fsp3) is 0.400. The first-order chi connectivity index (χ1) is 19.6. The highest BCUT2D eigenvalue weighted by Gasteiger charge is 2.39. The summed E-state index contributed by atoms with van der Waals surface area (Å²) in [6.45, 7) is 2.27.